The highest BCUT2D eigenvalue weighted by Crippen LogP contribution is 2.10. The molecule has 12 heavy (non-hydrogen) atoms. The van der Waals surface area contributed by atoms with Gasteiger partial charge in [0.2, 0.25) is 5.91 Å². The first-order valence-corrected chi connectivity index (χ1v) is 5.08. The van der Waals surface area contributed by atoms with Crippen LogP contribution in [0.25, 0.3) is 0 Å². The van der Waals surface area contributed by atoms with Crippen molar-refractivity contribution >= 4 is 17.7 Å². The van der Waals surface area contributed by atoms with Gasteiger partial charge in [-0.2, -0.15) is 11.8 Å². The molecule has 4 nitrogen and oxygen atoms in total. The van der Waals surface area contributed by atoms with Crippen LogP contribution in [0.3, 0.4) is 0 Å². The molecule has 0 aliphatic heterocycles. The third-order valence-electron chi connectivity index (χ3n) is 1.45. The summed E-state index contributed by atoms with van der Waals surface area (Å²) in [6.45, 7) is 0.551. The number of hydrogen-bond acceptors (Lipinski definition) is 4. The Morgan fingerprint density at radius 1 is 1.58 bits per heavy atom. The summed E-state index contributed by atoms with van der Waals surface area (Å²) in [5, 5.41) is 2.60. The first kappa shape index (κ1) is 11.7. The zero-order valence-corrected chi connectivity index (χ0v) is 8.53. The van der Waals surface area contributed by atoms with Gasteiger partial charge in [0, 0.05) is 14.1 Å². The quantitative estimate of drug-likeness (QED) is 0.459. The predicted molar refractivity (Wildman–Crippen MR) is 51.0 cm³/mol. The predicted octanol–water partition coefficient (Wildman–Crippen LogP) is 0.00510. The van der Waals surface area contributed by atoms with E-state index in [1.54, 1.807) is 14.1 Å². The maximum Gasteiger partial charge on any atom is 0.232 e. The molecule has 0 aromatic heterocycles. The van der Waals surface area contributed by atoms with E-state index in [0.29, 0.717) is 6.61 Å². The molecule has 2 N–H and O–H groups in total. The van der Waals surface area contributed by atoms with Gasteiger partial charge in [0.15, 0.2) is 0 Å². The van der Waals surface area contributed by atoms with Crippen LogP contribution in [0.2, 0.25) is 0 Å². The third kappa shape index (κ3) is 4.58. The van der Waals surface area contributed by atoms with E-state index in [-0.39, 0.29) is 11.2 Å². The third-order valence-corrected chi connectivity index (χ3v) is 2.47. The maximum atomic E-state index is 11.1. The number of rotatable bonds is 6. The van der Waals surface area contributed by atoms with E-state index in [0.717, 1.165) is 6.42 Å². The van der Waals surface area contributed by atoms with Crippen molar-refractivity contribution < 1.29 is 9.63 Å². The highest BCUT2D eigenvalue weighted by molar-refractivity contribution is 7.99. The van der Waals surface area contributed by atoms with Gasteiger partial charge in [-0.25, -0.2) is 5.48 Å². The van der Waals surface area contributed by atoms with Crippen LogP contribution in [0.15, 0.2) is 0 Å². The largest absolute Gasteiger partial charge is 0.358 e. The second-order valence-electron chi connectivity index (χ2n) is 2.18. The minimum absolute atomic E-state index is 0.0108. The fraction of sp³-hybridized carbons (Fsp3) is 0.857. The van der Waals surface area contributed by atoms with Gasteiger partial charge < -0.3 is 10.2 Å². The monoisotopic (exact) mass is 192 g/mol. The molecule has 1 amide bonds. The molecule has 1 unspecified atom stereocenters. The summed E-state index contributed by atoms with van der Waals surface area (Å²) >= 11 is 1.53. The Kier molecular flexibility index (Phi) is 7.23. The van der Waals surface area contributed by atoms with Crippen LogP contribution in [-0.4, -0.2) is 38.1 Å². The first-order chi connectivity index (χ1) is 5.76. The minimum atomic E-state index is -0.0108. The Labute approximate surface area is 77.4 Å². The number of carbonyl (C=O) groups is 1. The second kappa shape index (κ2) is 7.39. The lowest BCUT2D eigenvalue weighted by Crippen LogP contribution is -2.30. The van der Waals surface area contributed by atoms with Crippen LogP contribution in [0, 0.1) is 0 Å². The second-order valence-corrected chi connectivity index (χ2v) is 3.22. The van der Waals surface area contributed by atoms with E-state index >= 15 is 0 Å². The van der Waals surface area contributed by atoms with Crippen LogP contribution in [0.4, 0.5) is 0 Å². The van der Waals surface area contributed by atoms with Crippen LogP contribution in [0.1, 0.15) is 6.42 Å². The van der Waals surface area contributed by atoms with Crippen LogP contribution >= 0.6 is 11.8 Å². The van der Waals surface area contributed by atoms with Crippen molar-refractivity contribution in [3.05, 3.63) is 0 Å². The molecule has 1 atom stereocenters. The summed E-state index contributed by atoms with van der Waals surface area (Å²) < 4.78 is 0. The molecule has 0 aromatic carbocycles. The average Bonchev–Trinajstić information content (AvgIpc) is 2.11. The number of hydrogen-bond donors (Lipinski definition) is 2. The van der Waals surface area contributed by atoms with E-state index in [1.165, 1.54) is 11.8 Å². The molecule has 0 saturated heterocycles. The molecule has 0 aliphatic carbocycles. The van der Waals surface area contributed by atoms with Crippen molar-refractivity contribution in [2.24, 2.45) is 0 Å². The number of thioether (sulfide) groups is 1. The summed E-state index contributed by atoms with van der Waals surface area (Å²) in [5.41, 5.74) is 2.56. The fourth-order valence-corrected chi connectivity index (χ4v) is 1.45. The van der Waals surface area contributed by atoms with Crippen LogP contribution < -0.4 is 10.8 Å². The van der Waals surface area contributed by atoms with Crippen molar-refractivity contribution in [2.75, 3.05) is 27.0 Å². The average molecular weight is 192 g/mol. The smallest absolute Gasteiger partial charge is 0.232 e. The van der Waals surface area contributed by atoms with Gasteiger partial charge in [0.25, 0.3) is 0 Å². The Balaban J connectivity index is 3.60. The van der Waals surface area contributed by atoms with Crippen molar-refractivity contribution in [1.82, 2.24) is 10.8 Å². The summed E-state index contributed by atoms with van der Waals surface area (Å²) in [5.74, 6) is 0.0576. The summed E-state index contributed by atoms with van der Waals surface area (Å²) in [4.78, 5) is 16.0. The van der Waals surface area contributed by atoms with Crippen molar-refractivity contribution in [3.8, 4) is 0 Å². The first-order valence-electron chi connectivity index (χ1n) is 3.79. The molecule has 0 aliphatic rings. The molecule has 0 spiro atoms. The molecule has 5 heteroatoms. The van der Waals surface area contributed by atoms with Gasteiger partial charge in [-0.1, -0.05) is 0 Å². The topological polar surface area (TPSA) is 50.4 Å². The van der Waals surface area contributed by atoms with Gasteiger partial charge in [-0.3, -0.25) is 4.79 Å². The van der Waals surface area contributed by atoms with E-state index in [4.69, 9.17) is 4.84 Å². The van der Waals surface area contributed by atoms with Crippen LogP contribution in [0.5, 0.6) is 0 Å². The zero-order valence-electron chi connectivity index (χ0n) is 7.72. The van der Waals surface area contributed by atoms with Gasteiger partial charge in [0.1, 0.15) is 0 Å². The van der Waals surface area contributed by atoms with Gasteiger partial charge >= 0.3 is 0 Å². The lowest BCUT2D eigenvalue weighted by atomic mass is 10.3. The minimum Gasteiger partial charge on any atom is -0.358 e. The lowest BCUT2D eigenvalue weighted by molar-refractivity contribution is -0.120. The molecular weight excluding hydrogens is 176 g/mol. The molecule has 0 bridgehead atoms. The van der Waals surface area contributed by atoms with Crippen LogP contribution in [-0.2, 0) is 9.63 Å². The lowest BCUT2D eigenvalue weighted by Gasteiger charge is -2.11. The molecule has 0 rings (SSSR count). The SMILES string of the molecule is CNOCCC(SC)C(=O)NC. The highest BCUT2D eigenvalue weighted by atomic mass is 32.2. The van der Waals surface area contributed by atoms with Gasteiger partial charge in [-0.15, -0.1) is 0 Å². The molecule has 0 aromatic rings. The van der Waals surface area contributed by atoms with E-state index < -0.39 is 0 Å². The molecule has 0 heterocycles. The highest BCUT2D eigenvalue weighted by Gasteiger charge is 2.14. The Morgan fingerprint density at radius 2 is 2.25 bits per heavy atom. The summed E-state index contributed by atoms with van der Waals surface area (Å²) in [6, 6.07) is 0. The Hall–Kier alpha value is -0.260. The Bertz CT molecular complexity index is 133. The van der Waals surface area contributed by atoms with E-state index in [9.17, 15) is 4.79 Å². The van der Waals surface area contributed by atoms with Gasteiger partial charge in [0.05, 0.1) is 11.9 Å². The standard InChI is InChI=1S/C7H16N2O2S/c1-8-7(10)6(12-3)4-5-11-9-2/h6,9H,4-5H2,1-3H3,(H,8,10). The number of carbonyl (C=O) groups excluding carboxylic acids is 1. The Morgan fingerprint density at radius 3 is 2.67 bits per heavy atom. The maximum absolute atomic E-state index is 11.1. The number of hydroxylamine groups is 1. The molecule has 0 fully saturated rings. The van der Waals surface area contributed by atoms with E-state index in [2.05, 4.69) is 10.8 Å². The van der Waals surface area contributed by atoms with Crippen molar-refractivity contribution in [3.63, 3.8) is 0 Å². The normalized spacial score (nSPS) is 12.6. The van der Waals surface area contributed by atoms with Crippen molar-refractivity contribution in [2.45, 2.75) is 11.7 Å². The number of amides is 1. The number of nitrogens with one attached hydrogen (secondary N) is 2. The molecule has 0 radical (unpaired) electrons. The van der Waals surface area contributed by atoms with E-state index in [1.807, 2.05) is 6.26 Å². The van der Waals surface area contributed by atoms with Crippen molar-refractivity contribution in [1.29, 1.82) is 0 Å². The fourth-order valence-electron chi connectivity index (χ4n) is 0.785. The molecule has 0 saturated carbocycles. The molecular formula is C7H16N2O2S. The zero-order chi connectivity index (χ0) is 9.40. The molecule has 72 valence electrons. The van der Waals surface area contributed by atoms with Gasteiger partial charge in [-0.05, 0) is 12.7 Å². The summed E-state index contributed by atoms with van der Waals surface area (Å²) in [6.07, 6.45) is 2.64. The summed E-state index contributed by atoms with van der Waals surface area (Å²) in [7, 11) is 3.35.